The third-order valence-electron chi connectivity index (χ3n) is 3.40. The van der Waals surface area contributed by atoms with Gasteiger partial charge in [0.1, 0.15) is 4.83 Å². The Morgan fingerprint density at radius 3 is 2.62 bits per heavy atom. The van der Waals surface area contributed by atoms with Crippen LogP contribution in [0.15, 0.2) is 9.95 Å². The van der Waals surface area contributed by atoms with E-state index in [-0.39, 0.29) is 17.2 Å². The monoisotopic (exact) mass is 368 g/mol. The van der Waals surface area contributed by atoms with Crippen LogP contribution in [-0.4, -0.2) is 27.2 Å². The minimum Gasteiger partial charge on any atom is -0.351 e. The van der Waals surface area contributed by atoms with E-state index in [0.717, 1.165) is 22.2 Å². The van der Waals surface area contributed by atoms with E-state index in [1.807, 2.05) is 33.0 Å². The lowest BCUT2D eigenvalue weighted by Crippen LogP contribution is -2.36. The van der Waals surface area contributed by atoms with Gasteiger partial charge >= 0.3 is 6.03 Å². The van der Waals surface area contributed by atoms with Crippen molar-refractivity contribution in [3.63, 3.8) is 0 Å². The Balaban J connectivity index is 2.45. The van der Waals surface area contributed by atoms with Crippen LogP contribution in [0.1, 0.15) is 24.3 Å². The number of nitrogens with two attached hydrogens (primary N) is 1. The van der Waals surface area contributed by atoms with E-state index in [4.69, 9.17) is 5.73 Å². The summed E-state index contributed by atoms with van der Waals surface area (Å²) in [5.41, 5.74) is 5.79. The molecule has 0 radical (unpaired) electrons. The van der Waals surface area contributed by atoms with Crippen LogP contribution in [0.3, 0.4) is 0 Å². The molecule has 130 valence electrons. The lowest BCUT2D eigenvalue weighted by atomic mass is 10.2. The van der Waals surface area contributed by atoms with Crippen molar-refractivity contribution in [1.82, 2.24) is 14.9 Å². The summed E-state index contributed by atoms with van der Waals surface area (Å²) >= 11 is 2.59. The van der Waals surface area contributed by atoms with Crippen LogP contribution in [0.4, 0.5) is 4.79 Å². The van der Waals surface area contributed by atoms with E-state index in [9.17, 15) is 14.4 Å². The van der Waals surface area contributed by atoms with E-state index in [0.29, 0.717) is 21.9 Å². The Bertz CT molecular complexity index is 855. The fourth-order valence-corrected chi connectivity index (χ4v) is 4.13. The van der Waals surface area contributed by atoms with E-state index in [2.05, 4.69) is 4.98 Å². The third kappa shape index (κ3) is 3.96. The normalized spacial score (nSPS) is 11.2. The molecule has 3 N–H and O–H groups in total. The van der Waals surface area contributed by atoms with Crippen molar-refractivity contribution in [3.8, 4) is 0 Å². The van der Waals surface area contributed by atoms with Gasteiger partial charge in [0, 0.05) is 11.4 Å². The smallest absolute Gasteiger partial charge is 0.318 e. The van der Waals surface area contributed by atoms with Crippen LogP contribution >= 0.6 is 23.1 Å². The number of primary amides is 1. The number of amides is 3. The van der Waals surface area contributed by atoms with Crippen molar-refractivity contribution >= 4 is 45.3 Å². The Labute approximate surface area is 147 Å². The molecule has 0 aliphatic heterocycles. The second-order valence-electron chi connectivity index (χ2n) is 5.87. The summed E-state index contributed by atoms with van der Waals surface area (Å²) in [5, 5.41) is 3.12. The molecule has 0 aromatic carbocycles. The number of aromatic nitrogens is 2. The van der Waals surface area contributed by atoms with Crippen molar-refractivity contribution in [2.45, 2.75) is 39.4 Å². The zero-order valence-corrected chi connectivity index (χ0v) is 15.6. The highest BCUT2D eigenvalue weighted by molar-refractivity contribution is 7.99. The van der Waals surface area contributed by atoms with E-state index in [1.54, 1.807) is 4.57 Å². The maximum atomic E-state index is 12.9. The SMILES string of the molecule is Cc1sc2nc(SCC(=O)NC(N)=O)n(CC(C)C)c(=O)c2c1C. The van der Waals surface area contributed by atoms with Gasteiger partial charge in [-0.25, -0.2) is 9.78 Å². The zero-order valence-electron chi connectivity index (χ0n) is 14.0. The van der Waals surface area contributed by atoms with Gasteiger partial charge in [-0.15, -0.1) is 11.3 Å². The second-order valence-corrected chi connectivity index (χ2v) is 8.01. The number of thiophene rings is 1. The van der Waals surface area contributed by atoms with Crippen LogP contribution in [0, 0.1) is 19.8 Å². The van der Waals surface area contributed by atoms with Gasteiger partial charge in [-0.05, 0) is 25.3 Å². The number of fused-ring (bicyclic) bond motifs is 1. The fraction of sp³-hybridized carbons (Fsp3) is 0.467. The zero-order chi connectivity index (χ0) is 18.0. The molecule has 2 rings (SSSR count). The first kappa shape index (κ1) is 18.5. The van der Waals surface area contributed by atoms with E-state index < -0.39 is 11.9 Å². The summed E-state index contributed by atoms with van der Waals surface area (Å²) in [5.74, 6) is -0.306. The lowest BCUT2D eigenvalue weighted by molar-refractivity contribution is -0.117. The van der Waals surface area contributed by atoms with Gasteiger partial charge in [0.05, 0.1) is 11.1 Å². The number of nitrogens with zero attached hydrogens (tertiary/aromatic N) is 2. The second kappa shape index (κ2) is 7.35. The predicted octanol–water partition coefficient (Wildman–Crippen LogP) is 2.02. The Morgan fingerprint density at radius 2 is 2.04 bits per heavy atom. The minimum absolute atomic E-state index is 0.0394. The number of hydrogen-bond acceptors (Lipinski definition) is 6. The molecule has 9 heteroatoms. The molecular weight excluding hydrogens is 348 g/mol. The average molecular weight is 368 g/mol. The maximum Gasteiger partial charge on any atom is 0.318 e. The van der Waals surface area contributed by atoms with Gasteiger partial charge in [-0.3, -0.25) is 19.5 Å². The van der Waals surface area contributed by atoms with Crippen LogP contribution in [0.25, 0.3) is 10.2 Å². The van der Waals surface area contributed by atoms with Crippen molar-refractivity contribution in [3.05, 3.63) is 20.8 Å². The molecule has 0 aliphatic carbocycles. The molecule has 0 spiro atoms. The van der Waals surface area contributed by atoms with Crippen molar-refractivity contribution in [2.24, 2.45) is 11.7 Å². The number of aryl methyl sites for hydroxylation is 2. The fourth-order valence-electron chi connectivity index (χ4n) is 2.25. The molecule has 7 nitrogen and oxygen atoms in total. The van der Waals surface area contributed by atoms with Crippen LogP contribution in [-0.2, 0) is 11.3 Å². The number of imide groups is 1. The Hall–Kier alpha value is -1.87. The van der Waals surface area contributed by atoms with Gasteiger partial charge in [-0.1, -0.05) is 25.6 Å². The van der Waals surface area contributed by atoms with E-state index in [1.165, 1.54) is 11.3 Å². The number of carbonyl (C=O) groups excluding carboxylic acids is 2. The number of rotatable bonds is 5. The summed E-state index contributed by atoms with van der Waals surface area (Å²) in [6.45, 7) is 8.41. The highest BCUT2D eigenvalue weighted by Crippen LogP contribution is 2.28. The van der Waals surface area contributed by atoms with Crippen molar-refractivity contribution in [1.29, 1.82) is 0 Å². The molecule has 0 atom stereocenters. The van der Waals surface area contributed by atoms with Crippen LogP contribution in [0.2, 0.25) is 0 Å². The molecule has 0 aliphatic rings. The number of thioether (sulfide) groups is 1. The molecule has 2 heterocycles. The molecule has 0 unspecified atom stereocenters. The number of urea groups is 1. The first-order valence-electron chi connectivity index (χ1n) is 7.43. The Morgan fingerprint density at radius 1 is 1.38 bits per heavy atom. The quantitative estimate of drug-likeness (QED) is 0.620. The third-order valence-corrected chi connectivity index (χ3v) is 5.47. The standard InChI is InChI=1S/C15H20N4O3S2/c1-7(2)5-19-13(21)11-8(3)9(4)24-12(11)18-15(19)23-6-10(20)17-14(16)22/h7H,5-6H2,1-4H3,(H3,16,17,20,22). The summed E-state index contributed by atoms with van der Waals surface area (Å²) in [6, 6.07) is -0.895. The van der Waals surface area contributed by atoms with Gasteiger partial charge < -0.3 is 5.73 Å². The van der Waals surface area contributed by atoms with Crippen LogP contribution in [0.5, 0.6) is 0 Å². The number of hydrogen-bond donors (Lipinski definition) is 2. The van der Waals surface area contributed by atoms with Crippen molar-refractivity contribution < 1.29 is 9.59 Å². The number of carbonyl (C=O) groups is 2. The van der Waals surface area contributed by atoms with Crippen LogP contribution < -0.4 is 16.6 Å². The van der Waals surface area contributed by atoms with Gasteiger partial charge in [0.25, 0.3) is 5.56 Å². The molecule has 0 fully saturated rings. The first-order chi connectivity index (χ1) is 11.2. The molecule has 0 saturated carbocycles. The largest absolute Gasteiger partial charge is 0.351 e. The molecule has 3 amide bonds. The molecule has 0 bridgehead atoms. The molecule has 2 aromatic heterocycles. The van der Waals surface area contributed by atoms with Crippen molar-refractivity contribution in [2.75, 3.05) is 5.75 Å². The highest BCUT2D eigenvalue weighted by Gasteiger charge is 2.18. The summed E-state index contributed by atoms with van der Waals surface area (Å²) in [7, 11) is 0. The molecule has 2 aromatic rings. The van der Waals surface area contributed by atoms with Gasteiger partial charge in [-0.2, -0.15) is 0 Å². The lowest BCUT2D eigenvalue weighted by Gasteiger charge is -2.13. The Kier molecular flexibility index (Phi) is 5.66. The molecular formula is C15H20N4O3S2. The average Bonchev–Trinajstić information content (AvgIpc) is 2.74. The number of nitrogens with one attached hydrogen (secondary N) is 1. The summed E-state index contributed by atoms with van der Waals surface area (Å²) in [4.78, 5) is 41.5. The van der Waals surface area contributed by atoms with Gasteiger partial charge in [0.2, 0.25) is 5.91 Å². The predicted molar refractivity (Wildman–Crippen MR) is 96.6 cm³/mol. The first-order valence-corrected chi connectivity index (χ1v) is 9.23. The molecule has 0 saturated heterocycles. The summed E-state index contributed by atoms with van der Waals surface area (Å²) in [6.07, 6.45) is 0. The topological polar surface area (TPSA) is 107 Å². The summed E-state index contributed by atoms with van der Waals surface area (Å²) < 4.78 is 1.61. The minimum atomic E-state index is -0.895. The highest BCUT2D eigenvalue weighted by atomic mass is 32.2. The molecule has 24 heavy (non-hydrogen) atoms. The van der Waals surface area contributed by atoms with Gasteiger partial charge in [0.15, 0.2) is 5.16 Å². The van der Waals surface area contributed by atoms with E-state index >= 15 is 0 Å². The maximum absolute atomic E-state index is 12.9.